The summed E-state index contributed by atoms with van der Waals surface area (Å²) in [4.78, 5) is 24.2. The zero-order valence-corrected chi connectivity index (χ0v) is 15.1. The van der Waals surface area contributed by atoms with Gasteiger partial charge in [0.1, 0.15) is 17.6 Å². The molecular weight excluding hydrogens is 376 g/mol. The lowest BCUT2D eigenvalue weighted by Crippen LogP contribution is -2.61. The second-order valence-corrected chi connectivity index (χ2v) is 6.79. The van der Waals surface area contributed by atoms with Crippen molar-refractivity contribution in [3.8, 4) is 5.69 Å². The highest BCUT2D eigenvalue weighted by Gasteiger charge is 2.46. The second-order valence-electron chi connectivity index (χ2n) is 6.79. The molecule has 1 aliphatic heterocycles. The van der Waals surface area contributed by atoms with E-state index in [0.29, 0.717) is 18.0 Å². The molecule has 146 valence electrons. The number of aromatic amines is 1. The van der Waals surface area contributed by atoms with Crippen LogP contribution in [0.1, 0.15) is 27.8 Å². The van der Waals surface area contributed by atoms with Crippen molar-refractivity contribution < 1.29 is 14.3 Å². The van der Waals surface area contributed by atoms with E-state index in [0.717, 1.165) is 11.4 Å². The Hall–Kier alpha value is -3.86. The van der Waals surface area contributed by atoms with Gasteiger partial charge in [-0.2, -0.15) is 20.1 Å². The van der Waals surface area contributed by atoms with Gasteiger partial charge < -0.3 is 14.4 Å². The molecular formula is C18H16N8O3. The molecule has 0 aromatic carbocycles. The number of amides is 1. The Balaban J connectivity index is 1.22. The van der Waals surface area contributed by atoms with Crippen molar-refractivity contribution in [2.24, 2.45) is 0 Å². The topological polar surface area (TPSA) is 139 Å². The van der Waals surface area contributed by atoms with Crippen LogP contribution in [-0.2, 0) is 12.0 Å². The Morgan fingerprint density at radius 1 is 1.21 bits per heavy atom. The van der Waals surface area contributed by atoms with E-state index in [9.17, 15) is 9.90 Å². The number of likely N-dealkylation sites (tertiary alicyclic amines) is 1. The molecule has 1 aliphatic rings. The molecule has 2 N–H and O–H groups in total. The van der Waals surface area contributed by atoms with Crippen molar-refractivity contribution in [1.29, 1.82) is 0 Å². The lowest BCUT2D eigenvalue weighted by atomic mass is 9.90. The summed E-state index contributed by atoms with van der Waals surface area (Å²) in [5.41, 5.74) is 1.16. The van der Waals surface area contributed by atoms with E-state index in [1.54, 1.807) is 30.9 Å². The van der Waals surface area contributed by atoms with E-state index in [2.05, 4.69) is 30.4 Å². The first-order chi connectivity index (χ1) is 14.1. The number of aromatic nitrogens is 7. The number of nitrogens with zero attached hydrogens (tertiary/aromatic N) is 7. The fourth-order valence-corrected chi connectivity index (χ4v) is 3.21. The first-order valence-corrected chi connectivity index (χ1v) is 8.88. The molecule has 0 bridgehead atoms. The molecule has 0 aliphatic carbocycles. The quantitative estimate of drug-likeness (QED) is 0.495. The summed E-state index contributed by atoms with van der Waals surface area (Å²) in [7, 11) is 0. The van der Waals surface area contributed by atoms with E-state index < -0.39 is 5.60 Å². The number of hydrogen-bond acceptors (Lipinski definition) is 8. The van der Waals surface area contributed by atoms with Crippen molar-refractivity contribution in [1.82, 2.24) is 40.1 Å². The number of carbonyl (C=O) groups is 1. The molecule has 0 saturated carbocycles. The highest BCUT2D eigenvalue weighted by molar-refractivity contribution is 5.92. The van der Waals surface area contributed by atoms with Gasteiger partial charge >= 0.3 is 0 Å². The zero-order valence-electron chi connectivity index (χ0n) is 15.1. The second kappa shape index (κ2) is 6.63. The average Bonchev–Trinajstić information content (AvgIpc) is 3.48. The van der Waals surface area contributed by atoms with E-state index >= 15 is 0 Å². The van der Waals surface area contributed by atoms with Crippen molar-refractivity contribution >= 4 is 5.91 Å². The Morgan fingerprint density at radius 3 is 2.72 bits per heavy atom. The fourth-order valence-electron chi connectivity index (χ4n) is 3.21. The monoisotopic (exact) mass is 392 g/mol. The minimum Gasteiger partial charge on any atom is -0.448 e. The van der Waals surface area contributed by atoms with Crippen LogP contribution in [0.25, 0.3) is 5.69 Å². The first-order valence-electron chi connectivity index (χ1n) is 8.88. The zero-order chi connectivity index (χ0) is 19.8. The molecule has 11 nitrogen and oxygen atoms in total. The molecule has 11 heteroatoms. The minimum absolute atomic E-state index is 0.167. The SMILES string of the molecule is O=C(c1coc(Cc2ccc(-n3nccn3)cn2)n1)N1CC(O)(c2ccn[nH]2)C1. The summed E-state index contributed by atoms with van der Waals surface area (Å²) in [6.45, 7) is 0.335. The van der Waals surface area contributed by atoms with Crippen LogP contribution in [0.15, 0.2) is 53.7 Å². The van der Waals surface area contributed by atoms with Gasteiger partial charge in [-0.1, -0.05) is 0 Å². The predicted molar refractivity (Wildman–Crippen MR) is 96.9 cm³/mol. The van der Waals surface area contributed by atoms with Crippen molar-refractivity contribution in [3.05, 3.63) is 72.2 Å². The first kappa shape index (κ1) is 17.3. The van der Waals surface area contributed by atoms with Gasteiger partial charge in [0.05, 0.1) is 43.8 Å². The Bertz CT molecular complexity index is 1110. The Kier molecular flexibility index (Phi) is 3.95. The average molecular weight is 392 g/mol. The van der Waals surface area contributed by atoms with Crippen LogP contribution in [0.2, 0.25) is 0 Å². The Morgan fingerprint density at radius 2 is 2.03 bits per heavy atom. The van der Waals surface area contributed by atoms with Crippen molar-refractivity contribution in [2.45, 2.75) is 12.0 Å². The van der Waals surface area contributed by atoms with Crippen LogP contribution in [0.3, 0.4) is 0 Å². The molecule has 1 fully saturated rings. The maximum Gasteiger partial charge on any atom is 0.276 e. The molecule has 1 amide bonds. The van der Waals surface area contributed by atoms with Crippen LogP contribution in [-0.4, -0.2) is 64.2 Å². The smallest absolute Gasteiger partial charge is 0.276 e. The van der Waals surface area contributed by atoms with Gasteiger partial charge in [0.15, 0.2) is 5.69 Å². The molecule has 5 heterocycles. The third-order valence-electron chi connectivity index (χ3n) is 4.76. The number of carbonyl (C=O) groups excluding carboxylic acids is 1. The van der Waals surface area contributed by atoms with E-state index in [4.69, 9.17) is 4.42 Å². The molecule has 0 atom stereocenters. The lowest BCUT2D eigenvalue weighted by molar-refractivity contribution is -0.0894. The third kappa shape index (κ3) is 3.17. The van der Waals surface area contributed by atoms with E-state index in [1.165, 1.54) is 16.0 Å². The van der Waals surface area contributed by atoms with Crippen LogP contribution >= 0.6 is 0 Å². The molecule has 4 aromatic heterocycles. The number of aliphatic hydroxyl groups is 1. The largest absolute Gasteiger partial charge is 0.448 e. The minimum atomic E-state index is -1.10. The number of oxazole rings is 1. The van der Waals surface area contributed by atoms with E-state index in [1.807, 2.05) is 12.1 Å². The Labute approximate surface area is 164 Å². The molecule has 5 rings (SSSR count). The maximum atomic E-state index is 12.6. The van der Waals surface area contributed by atoms with Gasteiger partial charge in [-0.05, 0) is 18.2 Å². The normalized spacial score (nSPS) is 15.3. The van der Waals surface area contributed by atoms with Crippen LogP contribution in [0.5, 0.6) is 0 Å². The summed E-state index contributed by atoms with van der Waals surface area (Å²) in [6.07, 6.45) is 8.07. The van der Waals surface area contributed by atoms with Gasteiger partial charge in [-0.15, -0.1) is 0 Å². The molecule has 29 heavy (non-hydrogen) atoms. The molecule has 0 unspecified atom stereocenters. The summed E-state index contributed by atoms with van der Waals surface area (Å²) in [5, 5.41) is 25.2. The fraction of sp³-hybridized carbons (Fsp3) is 0.222. The highest BCUT2D eigenvalue weighted by atomic mass is 16.3. The molecule has 0 radical (unpaired) electrons. The maximum absolute atomic E-state index is 12.6. The van der Waals surface area contributed by atoms with Crippen LogP contribution in [0.4, 0.5) is 0 Å². The van der Waals surface area contributed by atoms with Gasteiger partial charge in [0, 0.05) is 11.9 Å². The van der Waals surface area contributed by atoms with Gasteiger partial charge in [0.2, 0.25) is 5.89 Å². The summed E-state index contributed by atoms with van der Waals surface area (Å²) >= 11 is 0. The number of H-pyrrole nitrogens is 1. The van der Waals surface area contributed by atoms with E-state index in [-0.39, 0.29) is 24.7 Å². The van der Waals surface area contributed by atoms with Crippen LogP contribution in [0, 0.1) is 0 Å². The van der Waals surface area contributed by atoms with Gasteiger partial charge in [0.25, 0.3) is 5.91 Å². The number of nitrogens with one attached hydrogen (secondary N) is 1. The van der Waals surface area contributed by atoms with Gasteiger partial charge in [-0.3, -0.25) is 14.9 Å². The standard InChI is InChI=1S/C18H16N8O3/c27-17(25-10-18(28,11-25)15-3-4-20-24-15)14-9-29-16(23-14)7-12-1-2-13(8-19-12)26-21-5-6-22-26/h1-6,8-9,28H,7,10-11H2,(H,20,24). The molecule has 1 saturated heterocycles. The number of hydrogen-bond donors (Lipinski definition) is 2. The van der Waals surface area contributed by atoms with Crippen molar-refractivity contribution in [2.75, 3.05) is 13.1 Å². The summed E-state index contributed by atoms with van der Waals surface area (Å²) in [6, 6.07) is 5.36. The molecule has 0 spiro atoms. The summed E-state index contributed by atoms with van der Waals surface area (Å²) < 4.78 is 5.43. The number of β-amino-alcohol motifs (C(OH)–C–C–N with tert-alkyl or cyclic N) is 1. The van der Waals surface area contributed by atoms with Crippen molar-refractivity contribution in [3.63, 3.8) is 0 Å². The number of pyridine rings is 1. The highest BCUT2D eigenvalue weighted by Crippen LogP contribution is 2.31. The van der Waals surface area contributed by atoms with Crippen LogP contribution < -0.4 is 0 Å². The lowest BCUT2D eigenvalue weighted by Gasteiger charge is -2.45. The molecule has 4 aromatic rings. The summed E-state index contributed by atoms with van der Waals surface area (Å²) in [5.74, 6) is 0.0902. The van der Waals surface area contributed by atoms with Gasteiger partial charge in [-0.25, -0.2) is 4.98 Å². The number of rotatable bonds is 5. The predicted octanol–water partition coefficient (Wildman–Crippen LogP) is 0.308. The third-order valence-corrected chi connectivity index (χ3v) is 4.76.